The van der Waals surface area contributed by atoms with Gasteiger partial charge in [-0.2, -0.15) is 0 Å². The molecule has 27 heavy (non-hydrogen) atoms. The number of pyridine rings is 1. The van der Waals surface area contributed by atoms with Crippen LogP contribution in [0.15, 0.2) is 67.0 Å². The van der Waals surface area contributed by atoms with Crippen molar-refractivity contribution in [3.05, 3.63) is 84.2 Å². The number of aromatic nitrogens is 2. The average molecular weight is 382 g/mol. The summed E-state index contributed by atoms with van der Waals surface area (Å²) in [4.78, 5) is 6.47. The highest BCUT2D eigenvalue weighted by Crippen LogP contribution is 2.39. The average Bonchev–Trinajstić information content (AvgIpc) is 3.28. The number of hydrogen-bond acceptors (Lipinski definition) is 3. The third kappa shape index (κ3) is 3.31. The number of nitrogens with one attached hydrogen (secondary N) is 1. The van der Waals surface area contributed by atoms with Crippen molar-refractivity contribution >= 4 is 17.3 Å². The van der Waals surface area contributed by atoms with E-state index in [4.69, 9.17) is 12.2 Å². The lowest BCUT2D eigenvalue weighted by Crippen LogP contribution is -2.32. The van der Waals surface area contributed by atoms with Gasteiger partial charge in [0.2, 0.25) is 0 Å². The van der Waals surface area contributed by atoms with Crippen molar-refractivity contribution in [3.8, 4) is 5.69 Å². The third-order valence-corrected chi connectivity index (χ3v) is 5.08. The van der Waals surface area contributed by atoms with Crippen LogP contribution in [0.25, 0.3) is 5.69 Å². The molecule has 5 nitrogen and oxygen atoms in total. The molecule has 0 spiro atoms. The molecule has 0 amide bonds. The van der Waals surface area contributed by atoms with Gasteiger partial charge in [0.15, 0.2) is 5.11 Å². The summed E-state index contributed by atoms with van der Waals surface area (Å²) in [7, 11) is 0. The zero-order valence-electron chi connectivity index (χ0n) is 14.5. The molecule has 4 rings (SSSR count). The zero-order chi connectivity index (χ0) is 18.8. The molecule has 0 aliphatic carbocycles. The molecule has 0 saturated carbocycles. The van der Waals surface area contributed by atoms with Crippen molar-refractivity contribution in [2.75, 3.05) is 13.2 Å². The molecule has 1 aromatic carbocycles. The normalized spacial score (nSPS) is 19.3. The zero-order valence-corrected chi connectivity index (χ0v) is 15.3. The number of aliphatic hydroxyl groups is 1. The Balaban J connectivity index is 1.80. The maximum Gasteiger partial charge on any atom is 0.170 e. The third-order valence-electron chi connectivity index (χ3n) is 4.73. The van der Waals surface area contributed by atoms with Gasteiger partial charge in [-0.25, -0.2) is 4.39 Å². The maximum absolute atomic E-state index is 13.3. The van der Waals surface area contributed by atoms with Crippen molar-refractivity contribution in [1.82, 2.24) is 19.8 Å². The highest BCUT2D eigenvalue weighted by molar-refractivity contribution is 7.80. The summed E-state index contributed by atoms with van der Waals surface area (Å²) in [5.74, 6) is -0.274. The molecule has 0 unspecified atom stereocenters. The second-order valence-corrected chi connectivity index (χ2v) is 6.71. The van der Waals surface area contributed by atoms with Gasteiger partial charge in [-0.05, 0) is 60.7 Å². The highest BCUT2D eigenvalue weighted by Gasteiger charge is 2.40. The smallest absolute Gasteiger partial charge is 0.170 e. The van der Waals surface area contributed by atoms with E-state index in [1.54, 1.807) is 18.3 Å². The van der Waals surface area contributed by atoms with Crippen molar-refractivity contribution < 1.29 is 9.50 Å². The number of β-amino-alcohol motifs (C(OH)–C–C–N with tert-alkyl or cyclic N) is 1. The first kappa shape index (κ1) is 17.6. The van der Waals surface area contributed by atoms with Gasteiger partial charge in [-0.1, -0.05) is 6.07 Å². The Morgan fingerprint density at radius 3 is 2.63 bits per heavy atom. The molecule has 3 aromatic rings. The van der Waals surface area contributed by atoms with Crippen molar-refractivity contribution in [3.63, 3.8) is 0 Å². The van der Waals surface area contributed by atoms with Gasteiger partial charge >= 0.3 is 0 Å². The SMILES string of the molecule is OCCN1C(=S)N[C@H](c2ccccn2)[C@@H]1c1cccn1-c1ccc(F)cc1. The summed E-state index contributed by atoms with van der Waals surface area (Å²) in [6.07, 6.45) is 3.70. The number of halogens is 1. The predicted octanol–water partition coefficient (Wildman–Crippen LogP) is 2.98. The molecule has 0 radical (unpaired) electrons. The minimum atomic E-state index is -0.274. The fraction of sp³-hybridized carbons (Fsp3) is 0.200. The number of thiocarbonyl (C=S) groups is 1. The summed E-state index contributed by atoms with van der Waals surface area (Å²) < 4.78 is 15.4. The molecule has 0 bridgehead atoms. The lowest BCUT2D eigenvalue weighted by Gasteiger charge is -2.28. The Hall–Kier alpha value is -2.77. The minimum Gasteiger partial charge on any atom is -0.395 e. The van der Waals surface area contributed by atoms with Crippen molar-refractivity contribution in [1.29, 1.82) is 0 Å². The number of rotatable bonds is 5. The molecule has 2 N–H and O–H groups in total. The van der Waals surface area contributed by atoms with Crippen molar-refractivity contribution in [2.24, 2.45) is 0 Å². The van der Waals surface area contributed by atoms with Crippen LogP contribution in [0.3, 0.4) is 0 Å². The molecule has 1 fully saturated rings. The van der Waals surface area contributed by atoms with E-state index >= 15 is 0 Å². The molecule has 1 aliphatic rings. The number of benzene rings is 1. The van der Waals surface area contributed by atoms with Gasteiger partial charge in [-0.15, -0.1) is 0 Å². The monoisotopic (exact) mass is 382 g/mol. The van der Waals surface area contributed by atoms with Gasteiger partial charge in [-0.3, -0.25) is 4.98 Å². The van der Waals surface area contributed by atoms with E-state index in [2.05, 4.69) is 10.3 Å². The first-order chi connectivity index (χ1) is 13.2. The summed E-state index contributed by atoms with van der Waals surface area (Å²) in [5.41, 5.74) is 2.72. The van der Waals surface area contributed by atoms with Crippen LogP contribution in [0.1, 0.15) is 23.5 Å². The molecule has 7 heteroatoms. The van der Waals surface area contributed by atoms with E-state index in [9.17, 15) is 9.50 Å². The van der Waals surface area contributed by atoms with E-state index in [1.165, 1.54) is 12.1 Å². The number of nitrogens with zero attached hydrogens (tertiary/aromatic N) is 3. The Labute approximate surface area is 162 Å². The summed E-state index contributed by atoms with van der Waals surface area (Å²) in [5, 5.41) is 13.5. The highest BCUT2D eigenvalue weighted by atomic mass is 32.1. The molecular weight excluding hydrogens is 363 g/mol. The lowest BCUT2D eigenvalue weighted by molar-refractivity contribution is 0.220. The van der Waals surface area contributed by atoms with E-state index in [-0.39, 0.29) is 24.5 Å². The van der Waals surface area contributed by atoms with E-state index in [0.717, 1.165) is 17.1 Å². The van der Waals surface area contributed by atoms with Gasteiger partial charge < -0.3 is 19.9 Å². The molecule has 2 atom stereocenters. The predicted molar refractivity (Wildman–Crippen MR) is 105 cm³/mol. The molecule has 3 heterocycles. The second kappa shape index (κ2) is 7.46. The van der Waals surface area contributed by atoms with Crippen LogP contribution < -0.4 is 5.32 Å². The van der Waals surface area contributed by atoms with Crippen LogP contribution in [0.2, 0.25) is 0 Å². The van der Waals surface area contributed by atoms with E-state index < -0.39 is 0 Å². The van der Waals surface area contributed by atoms with E-state index in [1.807, 2.05) is 46.0 Å². The first-order valence-electron chi connectivity index (χ1n) is 8.71. The van der Waals surface area contributed by atoms with Crippen LogP contribution in [0.4, 0.5) is 4.39 Å². The molecule has 1 aliphatic heterocycles. The molecule has 1 saturated heterocycles. The summed E-state index contributed by atoms with van der Waals surface area (Å²) >= 11 is 5.53. The number of aliphatic hydroxyl groups excluding tert-OH is 1. The fourth-order valence-corrected chi connectivity index (χ4v) is 3.88. The van der Waals surface area contributed by atoms with Crippen LogP contribution in [-0.4, -0.2) is 37.8 Å². The summed E-state index contributed by atoms with van der Waals surface area (Å²) in [6.45, 7) is 0.402. The van der Waals surface area contributed by atoms with E-state index in [0.29, 0.717) is 11.7 Å². The van der Waals surface area contributed by atoms with Gasteiger partial charge in [0.1, 0.15) is 5.82 Å². The Morgan fingerprint density at radius 2 is 1.93 bits per heavy atom. The Morgan fingerprint density at radius 1 is 1.11 bits per heavy atom. The first-order valence-corrected chi connectivity index (χ1v) is 9.12. The number of hydrogen-bond donors (Lipinski definition) is 2. The van der Waals surface area contributed by atoms with Crippen molar-refractivity contribution in [2.45, 2.75) is 12.1 Å². The topological polar surface area (TPSA) is 53.3 Å². The standard InChI is InChI=1S/C20H19FN4OS/c21-14-6-8-15(9-7-14)24-11-3-5-17(24)19-18(16-4-1-2-10-22-16)23-20(27)25(19)12-13-26/h1-11,18-19,26H,12-13H2,(H,23,27)/t18-,19+/m1/s1. The van der Waals surface area contributed by atoms with Gasteiger partial charge in [0.25, 0.3) is 0 Å². The largest absolute Gasteiger partial charge is 0.395 e. The Kier molecular flexibility index (Phi) is 4.87. The lowest BCUT2D eigenvalue weighted by atomic mass is 10.0. The van der Waals surface area contributed by atoms with Gasteiger partial charge in [0, 0.05) is 30.3 Å². The second-order valence-electron chi connectivity index (χ2n) is 6.32. The molecule has 2 aromatic heterocycles. The van der Waals surface area contributed by atoms with Crippen LogP contribution in [0, 0.1) is 5.82 Å². The maximum atomic E-state index is 13.3. The van der Waals surface area contributed by atoms with Crippen LogP contribution >= 0.6 is 12.2 Å². The molecule has 138 valence electrons. The Bertz CT molecular complexity index is 929. The molecular formula is C20H19FN4OS. The fourth-order valence-electron chi connectivity index (χ4n) is 3.55. The minimum absolute atomic E-state index is 0.00941. The van der Waals surface area contributed by atoms with Crippen LogP contribution in [-0.2, 0) is 0 Å². The van der Waals surface area contributed by atoms with Crippen LogP contribution in [0.5, 0.6) is 0 Å². The quantitative estimate of drug-likeness (QED) is 0.665. The van der Waals surface area contributed by atoms with Gasteiger partial charge in [0.05, 0.1) is 24.4 Å². The summed E-state index contributed by atoms with van der Waals surface area (Å²) in [6, 6.07) is 15.8.